The maximum atomic E-state index is 12.7. The maximum absolute atomic E-state index is 12.7. The Hall–Kier alpha value is -0.590. The van der Waals surface area contributed by atoms with Crippen LogP contribution in [0.1, 0.15) is 33.1 Å². The van der Waals surface area contributed by atoms with Crippen LogP contribution >= 0.6 is 15.9 Å². The molecule has 0 heterocycles. The third-order valence-corrected chi connectivity index (χ3v) is 6.13. The molecule has 0 bridgehead atoms. The van der Waals surface area contributed by atoms with Crippen molar-refractivity contribution in [2.24, 2.45) is 5.92 Å². The minimum atomic E-state index is -3.44. The molecule has 0 aromatic heterocycles. The Labute approximate surface area is 129 Å². The predicted octanol–water partition coefficient (Wildman–Crippen LogP) is 3.23. The molecule has 0 atom stereocenters. The summed E-state index contributed by atoms with van der Waals surface area (Å²) in [6.45, 7) is 4.80. The molecule has 2 rings (SSSR count). The van der Waals surface area contributed by atoms with E-state index in [0.29, 0.717) is 18.2 Å². The number of hydrogen-bond donors (Lipinski definition) is 1. The van der Waals surface area contributed by atoms with E-state index in [-0.39, 0.29) is 10.9 Å². The van der Waals surface area contributed by atoms with E-state index >= 15 is 0 Å². The molecule has 0 spiro atoms. The van der Waals surface area contributed by atoms with Gasteiger partial charge in [0.2, 0.25) is 10.0 Å². The van der Waals surface area contributed by atoms with E-state index < -0.39 is 10.0 Å². The molecule has 112 valence electrons. The van der Waals surface area contributed by atoms with Gasteiger partial charge in [0.15, 0.2) is 0 Å². The molecule has 0 unspecified atom stereocenters. The largest absolute Gasteiger partial charge is 0.398 e. The van der Waals surface area contributed by atoms with E-state index in [9.17, 15) is 8.42 Å². The van der Waals surface area contributed by atoms with Gasteiger partial charge in [-0.25, -0.2) is 8.42 Å². The molecule has 1 aliphatic carbocycles. The fourth-order valence-electron chi connectivity index (χ4n) is 2.06. The van der Waals surface area contributed by atoms with E-state index in [2.05, 4.69) is 29.8 Å². The Morgan fingerprint density at radius 3 is 2.55 bits per heavy atom. The van der Waals surface area contributed by atoms with Crippen molar-refractivity contribution >= 4 is 31.6 Å². The van der Waals surface area contributed by atoms with Crippen LogP contribution in [0.15, 0.2) is 27.6 Å². The van der Waals surface area contributed by atoms with Gasteiger partial charge in [-0.3, -0.25) is 0 Å². The van der Waals surface area contributed by atoms with Gasteiger partial charge < -0.3 is 5.73 Å². The Morgan fingerprint density at radius 2 is 2.05 bits per heavy atom. The van der Waals surface area contributed by atoms with Crippen LogP contribution in [0.4, 0.5) is 5.69 Å². The summed E-state index contributed by atoms with van der Waals surface area (Å²) >= 11 is 3.29. The van der Waals surface area contributed by atoms with Gasteiger partial charge in [0, 0.05) is 22.7 Å². The van der Waals surface area contributed by atoms with E-state index in [1.807, 2.05) is 0 Å². The highest BCUT2D eigenvalue weighted by Crippen LogP contribution is 2.33. The zero-order chi connectivity index (χ0) is 14.9. The average Bonchev–Trinajstić information content (AvgIpc) is 3.16. The normalized spacial score (nSPS) is 16.1. The smallest absolute Gasteiger partial charge is 0.243 e. The lowest BCUT2D eigenvalue weighted by molar-refractivity contribution is 0.373. The number of halogens is 1. The number of rotatable bonds is 6. The molecule has 20 heavy (non-hydrogen) atoms. The molecule has 1 saturated carbocycles. The highest BCUT2D eigenvalue weighted by atomic mass is 79.9. The minimum absolute atomic E-state index is 0.170. The summed E-state index contributed by atoms with van der Waals surface area (Å²) in [6, 6.07) is 5.00. The van der Waals surface area contributed by atoms with Crippen LogP contribution in [0, 0.1) is 5.92 Å². The first kappa shape index (κ1) is 15.8. The van der Waals surface area contributed by atoms with Crippen LogP contribution in [0.2, 0.25) is 0 Å². The van der Waals surface area contributed by atoms with Crippen LogP contribution in [-0.2, 0) is 10.0 Å². The van der Waals surface area contributed by atoms with Crippen molar-refractivity contribution in [1.82, 2.24) is 4.31 Å². The zero-order valence-electron chi connectivity index (χ0n) is 11.8. The van der Waals surface area contributed by atoms with Crippen molar-refractivity contribution in [3.05, 3.63) is 22.7 Å². The van der Waals surface area contributed by atoms with Crippen LogP contribution in [0.25, 0.3) is 0 Å². The number of benzene rings is 1. The van der Waals surface area contributed by atoms with Crippen molar-refractivity contribution in [3.8, 4) is 0 Å². The number of sulfonamides is 1. The summed E-state index contributed by atoms with van der Waals surface area (Å²) in [7, 11) is -3.44. The molecule has 6 heteroatoms. The zero-order valence-corrected chi connectivity index (χ0v) is 14.2. The fraction of sp³-hybridized carbons (Fsp3) is 0.571. The molecule has 0 saturated heterocycles. The molecule has 0 aliphatic heterocycles. The number of anilines is 1. The second kappa shape index (κ2) is 6.03. The van der Waals surface area contributed by atoms with Gasteiger partial charge in [-0.1, -0.05) is 13.8 Å². The van der Waals surface area contributed by atoms with E-state index in [1.165, 1.54) is 6.07 Å². The van der Waals surface area contributed by atoms with E-state index in [0.717, 1.165) is 23.7 Å². The van der Waals surface area contributed by atoms with Crippen molar-refractivity contribution in [1.29, 1.82) is 0 Å². The molecule has 1 aromatic carbocycles. The predicted molar refractivity (Wildman–Crippen MR) is 84.9 cm³/mol. The van der Waals surface area contributed by atoms with Gasteiger partial charge in [0.05, 0.1) is 4.90 Å². The summed E-state index contributed by atoms with van der Waals surface area (Å²) in [4.78, 5) is 0.286. The molecular formula is C14H21BrN2O2S. The number of nitrogens with zero attached hydrogens (tertiary/aromatic N) is 1. The first-order chi connectivity index (χ1) is 9.32. The summed E-state index contributed by atoms with van der Waals surface area (Å²) in [5, 5.41) is 0. The molecule has 0 amide bonds. The lowest BCUT2D eigenvalue weighted by Crippen LogP contribution is -2.34. The number of nitrogen functional groups attached to an aromatic ring is 1. The maximum Gasteiger partial charge on any atom is 0.243 e. The van der Waals surface area contributed by atoms with Crippen molar-refractivity contribution in [2.45, 2.75) is 44.0 Å². The lowest BCUT2D eigenvalue weighted by Gasteiger charge is -2.23. The Bertz CT molecular complexity index is 583. The quantitative estimate of drug-likeness (QED) is 0.792. The monoisotopic (exact) mass is 360 g/mol. The standard InChI is InChI=1S/C14H21BrN2O2S/c1-10(2)7-8-17(11-3-4-11)20(18,19)12-5-6-13(15)14(16)9-12/h5-6,9-11H,3-4,7-8,16H2,1-2H3. The number of nitrogens with two attached hydrogens (primary N) is 1. The Kier molecular flexibility index (Phi) is 4.76. The lowest BCUT2D eigenvalue weighted by atomic mass is 10.1. The van der Waals surface area contributed by atoms with Gasteiger partial charge in [0.25, 0.3) is 0 Å². The van der Waals surface area contributed by atoms with Crippen molar-refractivity contribution in [2.75, 3.05) is 12.3 Å². The molecule has 0 radical (unpaired) electrons. The highest BCUT2D eigenvalue weighted by molar-refractivity contribution is 9.10. The van der Waals surface area contributed by atoms with Crippen molar-refractivity contribution in [3.63, 3.8) is 0 Å². The van der Waals surface area contributed by atoms with Gasteiger partial charge in [-0.2, -0.15) is 4.31 Å². The molecule has 1 aromatic rings. The molecule has 1 aliphatic rings. The SMILES string of the molecule is CC(C)CCN(C1CC1)S(=O)(=O)c1ccc(Br)c(N)c1. The topological polar surface area (TPSA) is 63.4 Å². The first-order valence-electron chi connectivity index (χ1n) is 6.89. The van der Waals surface area contributed by atoms with Crippen LogP contribution in [0.5, 0.6) is 0 Å². The van der Waals surface area contributed by atoms with Gasteiger partial charge in [0.1, 0.15) is 0 Å². The summed E-state index contributed by atoms with van der Waals surface area (Å²) in [6.07, 6.45) is 2.80. The third-order valence-electron chi connectivity index (χ3n) is 3.46. The third kappa shape index (κ3) is 3.54. The van der Waals surface area contributed by atoms with Gasteiger partial charge in [-0.05, 0) is 59.3 Å². The number of hydrogen-bond acceptors (Lipinski definition) is 3. The average molecular weight is 361 g/mol. The van der Waals surface area contributed by atoms with E-state index in [1.54, 1.807) is 16.4 Å². The van der Waals surface area contributed by atoms with Gasteiger partial charge >= 0.3 is 0 Å². The molecular weight excluding hydrogens is 340 g/mol. The highest BCUT2D eigenvalue weighted by Gasteiger charge is 2.37. The van der Waals surface area contributed by atoms with Crippen LogP contribution < -0.4 is 5.73 Å². The van der Waals surface area contributed by atoms with Crippen LogP contribution in [-0.4, -0.2) is 25.3 Å². The second-order valence-corrected chi connectivity index (χ2v) is 8.46. The van der Waals surface area contributed by atoms with E-state index in [4.69, 9.17) is 5.73 Å². The summed E-state index contributed by atoms with van der Waals surface area (Å²) in [5.74, 6) is 0.487. The molecule has 2 N–H and O–H groups in total. The Morgan fingerprint density at radius 1 is 1.40 bits per heavy atom. The molecule has 1 fully saturated rings. The van der Waals surface area contributed by atoms with Gasteiger partial charge in [-0.15, -0.1) is 0 Å². The summed E-state index contributed by atoms with van der Waals surface area (Å²) in [5.41, 5.74) is 6.25. The first-order valence-corrected chi connectivity index (χ1v) is 9.12. The Balaban J connectivity index is 2.27. The fourth-order valence-corrected chi connectivity index (χ4v) is 4.05. The molecule has 4 nitrogen and oxygen atoms in total. The minimum Gasteiger partial charge on any atom is -0.398 e. The van der Waals surface area contributed by atoms with Crippen LogP contribution in [0.3, 0.4) is 0 Å². The summed E-state index contributed by atoms with van der Waals surface area (Å²) < 4.78 is 27.9. The second-order valence-electron chi connectivity index (χ2n) is 5.71. The van der Waals surface area contributed by atoms with Crippen molar-refractivity contribution < 1.29 is 8.42 Å².